The number of carboxylic acid groups (broad SMARTS) is 1. The van der Waals surface area contributed by atoms with Crippen LogP contribution in [0.4, 0.5) is 4.79 Å². The molecule has 1 saturated carbocycles. The Balaban J connectivity index is 2.71. The Labute approximate surface area is 113 Å². The topological polar surface area (TPSA) is 93.4 Å². The third-order valence-corrected chi connectivity index (χ3v) is 3.66. The molecule has 0 heterocycles. The molecule has 1 fully saturated rings. The van der Waals surface area contributed by atoms with Gasteiger partial charge in [-0.15, -0.1) is 0 Å². The summed E-state index contributed by atoms with van der Waals surface area (Å²) < 4.78 is 0. The van der Waals surface area contributed by atoms with E-state index in [0.29, 0.717) is 19.4 Å². The van der Waals surface area contributed by atoms with Gasteiger partial charge in [-0.25, -0.2) is 9.59 Å². The van der Waals surface area contributed by atoms with Gasteiger partial charge in [-0.2, -0.15) is 5.26 Å². The second-order valence-electron chi connectivity index (χ2n) is 5.35. The Kier molecular flexibility index (Phi) is 5.16. The van der Waals surface area contributed by atoms with Gasteiger partial charge in [-0.05, 0) is 18.8 Å². The molecular formula is C13H21N3O3. The second-order valence-corrected chi connectivity index (χ2v) is 5.35. The molecule has 0 saturated heterocycles. The highest BCUT2D eigenvalue weighted by Gasteiger charge is 2.43. The number of carboxylic acids is 1. The lowest BCUT2D eigenvalue weighted by molar-refractivity contribution is -0.146. The molecule has 1 rings (SSSR count). The van der Waals surface area contributed by atoms with Gasteiger partial charge in [0.2, 0.25) is 0 Å². The third kappa shape index (κ3) is 3.85. The molecule has 106 valence electrons. The van der Waals surface area contributed by atoms with Crippen molar-refractivity contribution in [2.45, 2.75) is 44.6 Å². The highest BCUT2D eigenvalue weighted by Crippen LogP contribution is 2.32. The van der Waals surface area contributed by atoms with Gasteiger partial charge in [0.15, 0.2) is 0 Å². The van der Waals surface area contributed by atoms with Crippen molar-refractivity contribution in [3.8, 4) is 6.07 Å². The molecule has 1 aliphatic rings. The van der Waals surface area contributed by atoms with E-state index in [0.717, 1.165) is 12.8 Å². The molecule has 0 spiro atoms. The maximum absolute atomic E-state index is 12.0. The number of aliphatic carboxylic acids is 1. The van der Waals surface area contributed by atoms with Crippen molar-refractivity contribution in [3.05, 3.63) is 0 Å². The Hall–Kier alpha value is -1.77. The lowest BCUT2D eigenvalue weighted by Crippen LogP contribution is -2.59. The zero-order valence-corrected chi connectivity index (χ0v) is 11.5. The van der Waals surface area contributed by atoms with Gasteiger partial charge >= 0.3 is 12.0 Å². The number of carbonyl (C=O) groups excluding carboxylic acids is 1. The highest BCUT2D eigenvalue weighted by molar-refractivity contribution is 5.86. The monoisotopic (exact) mass is 267 g/mol. The minimum Gasteiger partial charge on any atom is -0.480 e. The van der Waals surface area contributed by atoms with Crippen LogP contribution >= 0.6 is 0 Å². The molecule has 0 aliphatic heterocycles. The standard InChI is InChI=1S/C13H21N3O3/c1-10-5-3-6-13(9-10,11(17)18)15-12(19)16(2)8-4-7-14/h10H,3-6,8-9H2,1-2H3,(H,15,19)(H,17,18). The van der Waals surface area contributed by atoms with Crippen molar-refractivity contribution < 1.29 is 14.7 Å². The molecular weight excluding hydrogens is 246 g/mol. The van der Waals surface area contributed by atoms with E-state index in [2.05, 4.69) is 5.32 Å². The van der Waals surface area contributed by atoms with Gasteiger partial charge in [0.05, 0.1) is 12.5 Å². The highest BCUT2D eigenvalue weighted by atomic mass is 16.4. The molecule has 6 heteroatoms. The van der Waals surface area contributed by atoms with Crippen molar-refractivity contribution in [1.29, 1.82) is 5.26 Å². The fourth-order valence-electron chi connectivity index (χ4n) is 2.53. The van der Waals surface area contributed by atoms with E-state index >= 15 is 0 Å². The zero-order valence-electron chi connectivity index (χ0n) is 11.5. The number of nitrogens with zero attached hydrogens (tertiary/aromatic N) is 2. The van der Waals surface area contributed by atoms with Crippen LogP contribution in [0.3, 0.4) is 0 Å². The summed E-state index contributed by atoms with van der Waals surface area (Å²) in [4.78, 5) is 24.8. The van der Waals surface area contributed by atoms with Crippen LogP contribution in [0.2, 0.25) is 0 Å². The summed E-state index contributed by atoms with van der Waals surface area (Å²) in [6, 6.07) is 1.53. The Morgan fingerprint density at radius 1 is 1.58 bits per heavy atom. The Bertz CT molecular complexity index is 391. The van der Waals surface area contributed by atoms with E-state index in [1.807, 2.05) is 13.0 Å². The van der Waals surface area contributed by atoms with Gasteiger partial charge in [0, 0.05) is 13.6 Å². The Morgan fingerprint density at radius 2 is 2.26 bits per heavy atom. The zero-order chi connectivity index (χ0) is 14.5. The quantitative estimate of drug-likeness (QED) is 0.808. The summed E-state index contributed by atoms with van der Waals surface area (Å²) in [6.45, 7) is 2.30. The van der Waals surface area contributed by atoms with E-state index in [1.54, 1.807) is 7.05 Å². The van der Waals surface area contributed by atoms with E-state index in [9.17, 15) is 14.7 Å². The normalized spacial score (nSPS) is 26.3. The number of nitrogens with one attached hydrogen (secondary N) is 1. The average Bonchev–Trinajstić information content (AvgIpc) is 2.35. The van der Waals surface area contributed by atoms with E-state index in [1.165, 1.54) is 4.90 Å². The first-order valence-corrected chi connectivity index (χ1v) is 6.55. The first-order valence-electron chi connectivity index (χ1n) is 6.55. The first kappa shape index (κ1) is 15.3. The Morgan fingerprint density at radius 3 is 2.79 bits per heavy atom. The molecule has 0 bridgehead atoms. The molecule has 6 nitrogen and oxygen atoms in total. The molecule has 2 amide bonds. The number of carbonyl (C=O) groups is 2. The van der Waals surface area contributed by atoms with Crippen molar-refractivity contribution in [3.63, 3.8) is 0 Å². The fourth-order valence-corrected chi connectivity index (χ4v) is 2.53. The minimum absolute atomic E-state index is 0.237. The van der Waals surface area contributed by atoms with E-state index in [4.69, 9.17) is 5.26 Å². The lowest BCUT2D eigenvalue weighted by atomic mass is 9.76. The van der Waals surface area contributed by atoms with Crippen LogP contribution in [-0.4, -0.2) is 41.1 Å². The van der Waals surface area contributed by atoms with Gasteiger partial charge in [-0.3, -0.25) is 0 Å². The lowest BCUT2D eigenvalue weighted by Gasteiger charge is -2.38. The van der Waals surface area contributed by atoms with Crippen LogP contribution in [0, 0.1) is 17.2 Å². The number of rotatable bonds is 4. The summed E-state index contributed by atoms with van der Waals surface area (Å²) in [5.74, 6) is -0.685. The average molecular weight is 267 g/mol. The van der Waals surface area contributed by atoms with Crippen molar-refractivity contribution >= 4 is 12.0 Å². The molecule has 19 heavy (non-hydrogen) atoms. The van der Waals surface area contributed by atoms with Gasteiger partial charge in [0.1, 0.15) is 5.54 Å². The number of amides is 2. The maximum atomic E-state index is 12.0. The summed E-state index contributed by atoms with van der Waals surface area (Å²) in [5.41, 5.74) is -1.16. The SMILES string of the molecule is CC1CCCC(NC(=O)N(C)CCC#N)(C(=O)O)C1. The van der Waals surface area contributed by atoms with Crippen LogP contribution in [0.1, 0.15) is 39.0 Å². The predicted molar refractivity (Wildman–Crippen MR) is 69.4 cm³/mol. The van der Waals surface area contributed by atoms with Crippen molar-refractivity contribution in [2.24, 2.45) is 5.92 Å². The second kappa shape index (κ2) is 6.41. The van der Waals surface area contributed by atoms with Crippen LogP contribution in [0.5, 0.6) is 0 Å². The van der Waals surface area contributed by atoms with Crippen LogP contribution < -0.4 is 5.32 Å². The smallest absolute Gasteiger partial charge is 0.329 e. The molecule has 1 aliphatic carbocycles. The molecule has 0 aromatic carbocycles. The summed E-state index contributed by atoms with van der Waals surface area (Å²) in [6.07, 6.45) is 2.95. The molecule has 0 radical (unpaired) electrons. The first-order chi connectivity index (χ1) is 8.91. The molecule has 2 atom stereocenters. The van der Waals surface area contributed by atoms with E-state index in [-0.39, 0.29) is 12.3 Å². The molecule has 2 unspecified atom stereocenters. The van der Waals surface area contributed by atoms with Gasteiger partial charge in [-0.1, -0.05) is 19.8 Å². The summed E-state index contributed by atoms with van der Waals surface area (Å²) in [7, 11) is 1.56. The maximum Gasteiger partial charge on any atom is 0.329 e. The molecule has 0 aromatic heterocycles. The fraction of sp³-hybridized carbons (Fsp3) is 0.769. The van der Waals surface area contributed by atoms with Crippen LogP contribution in [-0.2, 0) is 4.79 Å². The number of hydrogen-bond donors (Lipinski definition) is 2. The summed E-state index contributed by atoms with van der Waals surface area (Å²) >= 11 is 0. The predicted octanol–water partition coefficient (Wildman–Crippen LogP) is 1.57. The van der Waals surface area contributed by atoms with Crippen molar-refractivity contribution in [2.75, 3.05) is 13.6 Å². The minimum atomic E-state index is -1.16. The van der Waals surface area contributed by atoms with Gasteiger partial charge < -0.3 is 15.3 Å². The molecule has 0 aromatic rings. The number of urea groups is 1. The number of nitriles is 1. The summed E-state index contributed by atoms with van der Waals surface area (Å²) in [5, 5.41) is 20.6. The van der Waals surface area contributed by atoms with Crippen LogP contribution in [0.15, 0.2) is 0 Å². The van der Waals surface area contributed by atoms with Crippen LogP contribution in [0.25, 0.3) is 0 Å². The van der Waals surface area contributed by atoms with Crippen molar-refractivity contribution in [1.82, 2.24) is 10.2 Å². The number of hydrogen-bond acceptors (Lipinski definition) is 3. The van der Waals surface area contributed by atoms with E-state index < -0.39 is 17.5 Å². The largest absolute Gasteiger partial charge is 0.480 e. The molecule has 2 N–H and O–H groups in total. The van der Waals surface area contributed by atoms with Gasteiger partial charge in [0.25, 0.3) is 0 Å². The third-order valence-electron chi connectivity index (χ3n) is 3.66.